The van der Waals surface area contributed by atoms with E-state index in [4.69, 9.17) is 9.84 Å². The van der Waals surface area contributed by atoms with Crippen LogP contribution in [0.2, 0.25) is 0 Å². The number of hydrogen-bond donors (Lipinski definition) is 1. The zero-order chi connectivity index (χ0) is 18.2. The lowest BCUT2D eigenvalue weighted by Crippen LogP contribution is -2.00. The summed E-state index contributed by atoms with van der Waals surface area (Å²) in [5, 5.41) is 8.62. The summed E-state index contributed by atoms with van der Waals surface area (Å²) in [6, 6.07) is 11.3. The predicted octanol–water partition coefficient (Wildman–Crippen LogP) is 4.30. The van der Waals surface area contributed by atoms with Crippen molar-refractivity contribution >= 4 is 29.6 Å². The van der Waals surface area contributed by atoms with Gasteiger partial charge in [0.25, 0.3) is 0 Å². The zero-order valence-electron chi connectivity index (χ0n) is 13.6. The van der Waals surface area contributed by atoms with Gasteiger partial charge in [0.15, 0.2) is 5.78 Å². The van der Waals surface area contributed by atoms with Crippen LogP contribution < -0.4 is 4.74 Å². The number of carbonyl (C=O) groups excluding carboxylic acids is 1. The number of rotatable bonds is 8. The number of carboxylic acids is 1. The quantitative estimate of drug-likeness (QED) is 0.432. The first-order valence-corrected chi connectivity index (χ1v) is 8.57. The molecule has 6 heteroatoms. The topological polar surface area (TPSA) is 63.6 Å². The van der Waals surface area contributed by atoms with Crippen LogP contribution in [-0.4, -0.2) is 29.2 Å². The van der Waals surface area contributed by atoms with E-state index in [1.54, 1.807) is 6.08 Å². The molecule has 0 aromatic heterocycles. The van der Waals surface area contributed by atoms with E-state index in [1.807, 2.05) is 31.2 Å². The highest BCUT2D eigenvalue weighted by atomic mass is 32.2. The van der Waals surface area contributed by atoms with Gasteiger partial charge in [0.1, 0.15) is 11.6 Å². The van der Waals surface area contributed by atoms with Gasteiger partial charge >= 0.3 is 5.97 Å². The molecule has 0 aliphatic carbocycles. The number of carboxylic acid groups (broad SMARTS) is 1. The number of allylic oxidation sites excluding steroid dienone is 1. The van der Waals surface area contributed by atoms with Crippen molar-refractivity contribution in [1.82, 2.24) is 0 Å². The van der Waals surface area contributed by atoms with Gasteiger partial charge in [0.05, 0.1) is 12.4 Å². The maximum Gasteiger partial charge on any atom is 0.313 e. The van der Waals surface area contributed by atoms with Crippen LogP contribution in [0.1, 0.15) is 22.8 Å². The largest absolute Gasteiger partial charge is 0.494 e. The molecule has 0 spiro atoms. The number of benzene rings is 2. The second-order valence-electron chi connectivity index (χ2n) is 5.03. The maximum atomic E-state index is 13.9. The maximum absolute atomic E-state index is 13.9. The second kappa shape index (κ2) is 9.03. The first-order valence-electron chi connectivity index (χ1n) is 7.59. The second-order valence-corrected chi connectivity index (χ2v) is 6.04. The molecule has 0 bridgehead atoms. The molecule has 0 atom stereocenters. The van der Waals surface area contributed by atoms with E-state index in [2.05, 4.69) is 0 Å². The van der Waals surface area contributed by atoms with Gasteiger partial charge in [-0.1, -0.05) is 18.2 Å². The van der Waals surface area contributed by atoms with Crippen LogP contribution in [0.3, 0.4) is 0 Å². The Hall–Kier alpha value is -2.60. The van der Waals surface area contributed by atoms with E-state index >= 15 is 0 Å². The van der Waals surface area contributed by atoms with Crippen LogP contribution in [0.25, 0.3) is 6.08 Å². The summed E-state index contributed by atoms with van der Waals surface area (Å²) in [5.41, 5.74) is 1.03. The van der Waals surface area contributed by atoms with Crippen molar-refractivity contribution in [2.24, 2.45) is 0 Å². The lowest BCUT2D eigenvalue weighted by molar-refractivity contribution is -0.133. The van der Waals surface area contributed by atoms with Crippen molar-refractivity contribution in [1.29, 1.82) is 0 Å². The molecule has 0 radical (unpaired) electrons. The SMILES string of the molecule is CCOc1ccc(/C=C/C(=O)c2ccc(SCC(=O)O)c(F)c2)cc1. The van der Waals surface area contributed by atoms with Crippen LogP contribution in [-0.2, 0) is 4.79 Å². The summed E-state index contributed by atoms with van der Waals surface area (Å²) in [5.74, 6) is -1.44. The molecule has 2 aromatic carbocycles. The third kappa shape index (κ3) is 5.76. The summed E-state index contributed by atoms with van der Waals surface area (Å²) in [6.07, 6.45) is 3.01. The lowest BCUT2D eigenvalue weighted by atomic mass is 10.1. The van der Waals surface area contributed by atoms with Crippen molar-refractivity contribution in [3.05, 3.63) is 65.5 Å². The number of ketones is 1. The third-order valence-corrected chi connectivity index (χ3v) is 4.22. The Morgan fingerprint density at radius 2 is 1.92 bits per heavy atom. The molecule has 4 nitrogen and oxygen atoms in total. The average Bonchev–Trinajstić information content (AvgIpc) is 2.60. The molecule has 2 rings (SSSR count). The normalized spacial score (nSPS) is 10.8. The van der Waals surface area contributed by atoms with Crippen LogP contribution in [0.5, 0.6) is 5.75 Å². The number of halogens is 1. The summed E-state index contributed by atoms with van der Waals surface area (Å²) < 4.78 is 19.3. The van der Waals surface area contributed by atoms with Gasteiger partial charge in [-0.05, 0) is 48.9 Å². The number of aliphatic carboxylic acids is 1. The van der Waals surface area contributed by atoms with Gasteiger partial charge in [0.2, 0.25) is 0 Å². The fourth-order valence-corrected chi connectivity index (χ4v) is 2.66. The minimum absolute atomic E-state index is 0.203. The van der Waals surface area contributed by atoms with Crippen molar-refractivity contribution in [3.63, 3.8) is 0 Å². The van der Waals surface area contributed by atoms with E-state index in [0.29, 0.717) is 6.61 Å². The van der Waals surface area contributed by atoms with Gasteiger partial charge in [-0.25, -0.2) is 4.39 Å². The molecule has 2 aromatic rings. The van der Waals surface area contributed by atoms with E-state index in [-0.39, 0.29) is 22.0 Å². The smallest absolute Gasteiger partial charge is 0.313 e. The summed E-state index contributed by atoms with van der Waals surface area (Å²) in [4.78, 5) is 22.9. The molecular formula is C19H17FO4S. The highest BCUT2D eigenvalue weighted by molar-refractivity contribution is 8.00. The van der Waals surface area contributed by atoms with Gasteiger partial charge in [0, 0.05) is 10.5 Å². The Bertz CT molecular complexity index is 785. The summed E-state index contributed by atoms with van der Waals surface area (Å²) >= 11 is 0.875. The van der Waals surface area contributed by atoms with Crippen LogP contribution >= 0.6 is 11.8 Å². The predicted molar refractivity (Wildman–Crippen MR) is 95.7 cm³/mol. The summed E-state index contributed by atoms with van der Waals surface area (Å²) in [6.45, 7) is 2.48. The Labute approximate surface area is 149 Å². The fraction of sp³-hybridized carbons (Fsp3) is 0.158. The highest BCUT2D eigenvalue weighted by Gasteiger charge is 2.09. The van der Waals surface area contributed by atoms with Gasteiger partial charge < -0.3 is 9.84 Å². The Kier molecular flexibility index (Phi) is 6.77. The molecule has 1 N–H and O–H groups in total. The van der Waals surface area contributed by atoms with Crippen molar-refractivity contribution in [2.45, 2.75) is 11.8 Å². The lowest BCUT2D eigenvalue weighted by Gasteiger charge is -2.03. The molecule has 0 heterocycles. The molecular weight excluding hydrogens is 343 g/mol. The van der Waals surface area contributed by atoms with Crippen molar-refractivity contribution < 1.29 is 23.8 Å². The average molecular weight is 360 g/mol. The zero-order valence-corrected chi connectivity index (χ0v) is 14.4. The Morgan fingerprint density at radius 3 is 2.52 bits per heavy atom. The first-order chi connectivity index (χ1) is 12.0. The van der Waals surface area contributed by atoms with Crippen molar-refractivity contribution in [3.8, 4) is 5.75 Å². The van der Waals surface area contributed by atoms with Gasteiger partial charge in [-0.2, -0.15) is 0 Å². The van der Waals surface area contributed by atoms with Crippen LogP contribution in [0.15, 0.2) is 53.4 Å². The molecule has 0 aliphatic heterocycles. The van der Waals surface area contributed by atoms with Crippen LogP contribution in [0, 0.1) is 5.82 Å². The van der Waals surface area contributed by atoms with E-state index in [1.165, 1.54) is 18.2 Å². The van der Waals surface area contributed by atoms with Crippen molar-refractivity contribution in [2.75, 3.05) is 12.4 Å². The van der Waals surface area contributed by atoms with Crippen LogP contribution in [0.4, 0.5) is 4.39 Å². The molecule has 0 aliphatic rings. The Morgan fingerprint density at radius 1 is 1.20 bits per heavy atom. The molecule has 130 valence electrons. The molecule has 25 heavy (non-hydrogen) atoms. The molecule has 0 fully saturated rings. The minimum atomic E-state index is -1.03. The monoisotopic (exact) mass is 360 g/mol. The standard InChI is InChI=1S/C19H17FO4S/c1-2-24-15-7-3-13(4-8-15)5-9-17(21)14-6-10-18(16(20)11-14)25-12-19(22)23/h3-11H,2,12H2,1H3,(H,22,23)/b9-5+. The van der Waals surface area contributed by atoms with Gasteiger partial charge in [-0.3, -0.25) is 9.59 Å². The third-order valence-electron chi connectivity index (χ3n) is 3.19. The molecule has 0 saturated heterocycles. The van der Waals surface area contributed by atoms with E-state index in [9.17, 15) is 14.0 Å². The number of hydrogen-bond acceptors (Lipinski definition) is 4. The first kappa shape index (κ1) is 18.7. The molecule has 0 unspecified atom stereocenters. The Balaban J connectivity index is 2.04. The van der Waals surface area contributed by atoms with E-state index in [0.717, 1.165) is 29.1 Å². The fourth-order valence-electron chi connectivity index (χ4n) is 2.02. The van der Waals surface area contributed by atoms with E-state index < -0.39 is 11.8 Å². The van der Waals surface area contributed by atoms with Gasteiger partial charge in [-0.15, -0.1) is 11.8 Å². The highest BCUT2D eigenvalue weighted by Crippen LogP contribution is 2.23. The summed E-state index contributed by atoms with van der Waals surface area (Å²) in [7, 11) is 0. The minimum Gasteiger partial charge on any atom is -0.494 e. The number of carbonyl (C=O) groups is 2. The number of ether oxygens (including phenoxy) is 1. The molecule has 0 amide bonds. The number of thioether (sulfide) groups is 1. The molecule has 0 saturated carbocycles.